The summed E-state index contributed by atoms with van der Waals surface area (Å²) in [5.74, 6) is -2.54. The van der Waals surface area contributed by atoms with Gasteiger partial charge in [-0.3, -0.25) is 0 Å². The van der Waals surface area contributed by atoms with E-state index in [1.165, 1.54) is 18.2 Å². The molecule has 3 atom stereocenters. The summed E-state index contributed by atoms with van der Waals surface area (Å²) in [6.07, 6.45) is -4.60. The summed E-state index contributed by atoms with van der Waals surface area (Å²) in [5.41, 5.74) is 0.0622. The number of hydrogen-bond acceptors (Lipinski definition) is 1. The quantitative estimate of drug-likeness (QED) is 0.741. The van der Waals surface area contributed by atoms with Crippen molar-refractivity contribution >= 4 is 15.9 Å². The maximum atomic E-state index is 13.7. The van der Waals surface area contributed by atoms with Crippen LogP contribution < -0.4 is 0 Å². The standard InChI is InChI=1S/C14H15BrF4O/c15-10-4-5-12(16)11(7-10)13(20)8-2-1-3-9(6-8)14(17,18)19/h4-5,7-9,13,20H,1-3,6H2. The summed E-state index contributed by atoms with van der Waals surface area (Å²) < 4.78 is 52.6. The van der Waals surface area contributed by atoms with Gasteiger partial charge in [-0.15, -0.1) is 0 Å². The van der Waals surface area contributed by atoms with Crippen molar-refractivity contribution in [3.63, 3.8) is 0 Å². The molecule has 1 aromatic carbocycles. The third-order valence-corrected chi connectivity index (χ3v) is 4.39. The van der Waals surface area contributed by atoms with Crippen LogP contribution >= 0.6 is 15.9 Å². The number of alkyl halides is 3. The molecule has 1 aromatic rings. The van der Waals surface area contributed by atoms with Crippen molar-refractivity contribution in [2.45, 2.75) is 38.0 Å². The highest BCUT2D eigenvalue weighted by Crippen LogP contribution is 2.44. The van der Waals surface area contributed by atoms with Gasteiger partial charge >= 0.3 is 6.18 Å². The molecule has 0 saturated heterocycles. The molecule has 0 spiro atoms. The van der Waals surface area contributed by atoms with E-state index < -0.39 is 29.9 Å². The van der Waals surface area contributed by atoms with E-state index in [4.69, 9.17) is 0 Å². The molecule has 0 radical (unpaired) electrons. The molecule has 0 aromatic heterocycles. The van der Waals surface area contributed by atoms with Crippen LogP contribution in [0.15, 0.2) is 22.7 Å². The average Bonchev–Trinajstić information content (AvgIpc) is 2.40. The van der Waals surface area contributed by atoms with Crippen LogP contribution in [0.25, 0.3) is 0 Å². The zero-order valence-electron chi connectivity index (χ0n) is 10.6. The fourth-order valence-electron chi connectivity index (χ4n) is 2.81. The number of aliphatic hydroxyl groups excluding tert-OH is 1. The van der Waals surface area contributed by atoms with E-state index in [1.807, 2.05) is 0 Å². The Morgan fingerprint density at radius 2 is 1.95 bits per heavy atom. The maximum Gasteiger partial charge on any atom is 0.391 e. The molecule has 0 heterocycles. The largest absolute Gasteiger partial charge is 0.391 e. The second-order valence-electron chi connectivity index (χ2n) is 5.28. The zero-order valence-corrected chi connectivity index (χ0v) is 12.2. The lowest BCUT2D eigenvalue weighted by molar-refractivity contribution is -0.189. The first-order valence-corrected chi connectivity index (χ1v) is 7.28. The summed E-state index contributed by atoms with van der Waals surface area (Å²) >= 11 is 3.17. The lowest BCUT2D eigenvalue weighted by Crippen LogP contribution is -2.31. The Balaban J connectivity index is 2.16. The van der Waals surface area contributed by atoms with Crippen LogP contribution in [-0.4, -0.2) is 11.3 Å². The average molecular weight is 355 g/mol. The monoisotopic (exact) mass is 354 g/mol. The molecule has 0 aliphatic heterocycles. The smallest absolute Gasteiger partial charge is 0.388 e. The number of aliphatic hydroxyl groups is 1. The van der Waals surface area contributed by atoms with Crippen molar-refractivity contribution in [1.82, 2.24) is 0 Å². The van der Waals surface area contributed by atoms with Gasteiger partial charge in [0.25, 0.3) is 0 Å². The van der Waals surface area contributed by atoms with E-state index in [-0.39, 0.29) is 18.4 Å². The van der Waals surface area contributed by atoms with E-state index in [0.717, 1.165) is 0 Å². The molecule has 0 amide bonds. The van der Waals surface area contributed by atoms with Crippen molar-refractivity contribution in [3.8, 4) is 0 Å². The highest BCUT2D eigenvalue weighted by atomic mass is 79.9. The van der Waals surface area contributed by atoms with Crippen molar-refractivity contribution in [2.75, 3.05) is 0 Å². The van der Waals surface area contributed by atoms with Gasteiger partial charge in [0.15, 0.2) is 0 Å². The van der Waals surface area contributed by atoms with Gasteiger partial charge in [-0.05, 0) is 43.4 Å². The van der Waals surface area contributed by atoms with Gasteiger partial charge in [-0.1, -0.05) is 22.4 Å². The third kappa shape index (κ3) is 3.52. The normalized spacial score (nSPS) is 25.5. The minimum Gasteiger partial charge on any atom is -0.388 e. The minimum absolute atomic E-state index is 0.0622. The van der Waals surface area contributed by atoms with Gasteiger partial charge in [0, 0.05) is 10.0 Å². The molecule has 20 heavy (non-hydrogen) atoms. The van der Waals surface area contributed by atoms with E-state index in [1.54, 1.807) is 0 Å². The predicted molar refractivity (Wildman–Crippen MR) is 70.6 cm³/mol. The molecule has 1 aliphatic rings. The first kappa shape index (κ1) is 15.8. The van der Waals surface area contributed by atoms with Crippen molar-refractivity contribution in [3.05, 3.63) is 34.1 Å². The number of halogens is 5. The molecule has 1 nitrogen and oxygen atoms in total. The molecule has 1 aliphatic carbocycles. The molecule has 1 fully saturated rings. The number of rotatable bonds is 2. The summed E-state index contributed by atoms with van der Waals surface area (Å²) in [6, 6.07) is 4.12. The summed E-state index contributed by atoms with van der Waals surface area (Å²) in [5, 5.41) is 10.2. The zero-order chi connectivity index (χ0) is 14.9. The van der Waals surface area contributed by atoms with E-state index >= 15 is 0 Å². The van der Waals surface area contributed by atoms with Gasteiger partial charge in [0.05, 0.1) is 12.0 Å². The molecular weight excluding hydrogens is 340 g/mol. The maximum absolute atomic E-state index is 13.7. The van der Waals surface area contributed by atoms with Crippen molar-refractivity contribution < 1.29 is 22.7 Å². The second kappa shape index (κ2) is 6.02. The Morgan fingerprint density at radius 3 is 2.60 bits per heavy atom. The molecule has 3 unspecified atom stereocenters. The van der Waals surface area contributed by atoms with Gasteiger partial charge in [0.2, 0.25) is 0 Å². The molecule has 6 heteroatoms. The lowest BCUT2D eigenvalue weighted by atomic mass is 9.77. The second-order valence-corrected chi connectivity index (χ2v) is 6.19. The highest BCUT2D eigenvalue weighted by molar-refractivity contribution is 9.10. The highest BCUT2D eigenvalue weighted by Gasteiger charge is 2.43. The van der Waals surface area contributed by atoms with E-state index in [0.29, 0.717) is 17.3 Å². The van der Waals surface area contributed by atoms with Crippen LogP contribution in [-0.2, 0) is 0 Å². The molecule has 1 saturated carbocycles. The lowest BCUT2D eigenvalue weighted by Gasteiger charge is -2.33. The van der Waals surface area contributed by atoms with Crippen LogP contribution in [0.3, 0.4) is 0 Å². The molecule has 112 valence electrons. The Labute approximate surface area is 123 Å². The number of benzene rings is 1. The third-order valence-electron chi connectivity index (χ3n) is 3.90. The van der Waals surface area contributed by atoms with Crippen LogP contribution in [0.2, 0.25) is 0 Å². The predicted octanol–water partition coefficient (Wildman–Crippen LogP) is 4.99. The van der Waals surface area contributed by atoms with E-state index in [2.05, 4.69) is 15.9 Å². The van der Waals surface area contributed by atoms with Crippen LogP contribution in [0.5, 0.6) is 0 Å². The van der Waals surface area contributed by atoms with Crippen molar-refractivity contribution in [2.24, 2.45) is 11.8 Å². The number of hydrogen-bond donors (Lipinski definition) is 1. The topological polar surface area (TPSA) is 20.2 Å². The Kier molecular flexibility index (Phi) is 4.74. The van der Waals surface area contributed by atoms with E-state index in [9.17, 15) is 22.7 Å². The van der Waals surface area contributed by atoms with Gasteiger partial charge < -0.3 is 5.11 Å². The first-order chi connectivity index (χ1) is 9.29. The van der Waals surface area contributed by atoms with Gasteiger partial charge in [0.1, 0.15) is 5.82 Å². The Bertz CT molecular complexity index is 475. The summed E-state index contributed by atoms with van der Waals surface area (Å²) in [4.78, 5) is 0. The summed E-state index contributed by atoms with van der Waals surface area (Å²) in [7, 11) is 0. The molecule has 0 bridgehead atoms. The minimum atomic E-state index is -4.24. The van der Waals surface area contributed by atoms with Gasteiger partial charge in [-0.25, -0.2) is 4.39 Å². The Hall–Kier alpha value is -0.620. The first-order valence-electron chi connectivity index (χ1n) is 6.48. The molecule has 2 rings (SSSR count). The SMILES string of the molecule is OC(c1cc(Br)ccc1F)C1CCCC(C(F)(F)F)C1. The van der Waals surface area contributed by atoms with Gasteiger partial charge in [-0.2, -0.15) is 13.2 Å². The Morgan fingerprint density at radius 1 is 1.25 bits per heavy atom. The fourth-order valence-corrected chi connectivity index (χ4v) is 3.19. The van der Waals surface area contributed by atoms with Crippen LogP contribution in [0.4, 0.5) is 17.6 Å². The molecule has 1 N–H and O–H groups in total. The fraction of sp³-hybridized carbons (Fsp3) is 0.571. The molecular formula is C14H15BrF4O. The summed E-state index contributed by atoms with van der Waals surface area (Å²) in [6.45, 7) is 0. The van der Waals surface area contributed by atoms with Crippen LogP contribution in [0.1, 0.15) is 37.4 Å². The van der Waals surface area contributed by atoms with Crippen LogP contribution in [0, 0.1) is 17.7 Å². The van der Waals surface area contributed by atoms with Crippen molar-refractivity contribution in [1.29, 1.82) is 0 Å².